The minimum Gasteiger partial charge on any atom is -0.381 e. The molecule has 12 heteroatoms. The van der Waals surface area contributed by atoms with Crippen molar-refractivity contribution in [1.29, 1.82) is 0 Å². The maximum absolute atomic E-state index is 12.6. The van der Waals surface area contributed by atoms with E-state index in [4.69, 9.17) is 5.73 Å². The number of amides is 2. The monoisotopic (exact) mass is 481 g/mol. The Bertz CT molecular complexity index is 1290. The lowest BCUT2D eigenvalue weighted by Crippen LogP contribution is -2.45. The third-order valence-electron chi connectivity index (χ3n) is 7.40. The van der Waals surface area contributed by atoms with Gasteiger partial charge in [0.05, 0.1) is 29.5 Å². The van der Waals surface area contributed by atoms with Crippen LogP contribution in [0.2, 0.25) is 0 Å². The van der Waals surface area contributed by atoms with Crippen molar-refractivity contribution in [2.75, 3.05) is 18.4 Å². The molecule has 35 heavy (non-hydrogen) atoms. The molecule has 0 spiro atoms. The molecule has 0 unspecified atom stereocenters. The lowest BCUT2D eigenvalue weighted by molar-refractivity contribution is -0.147. The Balaban J connectivity index is 1.42. The minimum absolute atomic E-state index is 0.0890. The zero-order valence-corrected chi connectivity index (χ0v) is 20.3. The van der Waals surface area contributed by atoms with E-state index in [-0.39, 0.29) is 17.9 Å². The van der Waals surface area contributed by atoms with Gasteiger partial charge in [-0.1, -0.05) is 6.92 Å². The molecule has 2 amide bonds. The molecule has 0 aromatic carbocycles. The highest BCUT2D eigenvalue weighted by atomic mass is 16.3. The normalized spacial score (nSPS) is 24.2. The van der Waals surface area contributed by atoms with E-state index < -0.39 is 11.5 Å². The molecule has 5 rings (SSSR count). The molecular formula is C23H31N9O3. The summed E-state index contributed by atoms with van der Waals surface area (Å²) >= 11 is 0. The van der Waals surface area contributed by atoms with Crippen LogP contribution in [0.25, 0.3) is 16.9 Å². The van der Waals surface area contributed by atoms with Crippen molar-refractivity contribution in [1.82, 2.24) is 34.7 Å². The first kappa shape index (κ1) is 23.2. The summed E-state index contributed by atoms with van der Waals surface area (Å²) in [7, 11) is 0. The summed E-state index contributed by atoms with van der Waals surface area (Å²) in [5, 5.41) is 30.6. The minimum atomic E-state index is -1.37. The molecule has 2 fully saturated rings. The fourth-order valence-electron chi connectivity index (χ4n) is 5.52. The number of nitrogens with zero attached hydrogens (tertiary/aromatic N) is 7. The summed E-state index contributed by atoms with van der Waals surface area (Å²) in [5.41, 5.74) is 6.71. The number of hydrogen-bond acceptors (Lipinski definition) is 8. The number of nitrogens with one attached hydrogen (secondary N) is 1. The van der Waals surface area contributed by atoms with Crippen LogP contribution in [0.15, 0.2) is 18.5 Å². The van der Waals surface area contributed by atoms with E-state index in [2.05, 4.69) is 32.7 Å². The highest BCUT2D eigenvalue weighted by Gasteiger charge is 2.48. The van der Waals surface area contributed by atoms with Gasteiger partial charge in [0.25, 0.3) is 11.8 Å². The largest absolute Gasteiger partial charge is 0.381 e. The first-order valence-corrected chi connectivity index (χ1v) is 11.9. The summed E-state index contributed by atoms with van der Waals surface area (Å²) in [6, 6.07) is 1.97. The van der Waals surface area contributed by atoms with Crippen molar-refractivity contribution in [3.8, 4) is 11.4 Å². The summed E-state index contributed by atoms with van der Waals surface area (Å²) in [6.07, 6.45) is 4.12. The molecule has 12 nitrogen and oxygen atoms in total. The lowest BCUT2D eigenvalue weighted by atomic mass is 9.93. The summed E-state index contributed by atoms with van der Waals surface area (Å²) in [4.78, 5) is 28.1. The zero-order valence-electron chi connectivity index (χ0n) is 20.3. The van der Waals surface area contributed by atoms with Crippen molar-refractivity contribution in [3.05, 3.63) is 24.0 Å². The molecule has 1 saturated carbocycles. The van der Waals surface area contributed by atoms with E-state index >= 15 is 0 Å². The first-order chi connectivity index (χ1) is 16.6. The maximum Gasteiger partial charge on any atom is 0.253 e. The van der Waals surface area contributed by atoms with E-state index in [0.29, 0.717) is 54.1 Å². The van der Waals surface area contributed by atoms with Crippen LogP contribution in [0.3, 0.4) is 0 Å². The van der Waals surface area contributed by atoms with Crippen LogP contribution in [-0.4, -0.2) is 76.4 Å². The summed E-state index contributed by atoms with van der Waals surface area (Å²) in [6.45, 7) is 9.01. The highest BCUT2D eigenvalue weighted by Crippen LogP contribution is 2.44. The first-order valence-electron chi connectivity index (χ1n) is 11.9. The third-order valence-corrected chi connectivity index (χ3v) is 7.40. The topological polar surface area (TPSA) is 157 Å². The average molecular weight is 482 g/mol. The second-order valence-corrected chi connectivity index (χ2v) is 10.2. The van der Waals surface area contributed by atoms with Crippen molar-refractivity contribution >= 4 is 23.0 Å². The van der Waals surface area contributed by atoms with Gasteiger partial charge in [-0.15, -0.1) is 10.2 Å². The molecule has 4 N–H and O–H groups in total. The van der Waals surface area contributed by atoms with Crippen LogP contribution in [0.1, 0.15) is 44.5 Å². The number of anilines is 1. The van der Waals surface area contributed by atoms with Crippen LogP contribution in [0.5, 0.6) is 0 Å². The lowest BCUT2D eigenvalue weighted by Gasteiger charge is -2.28. The second-order valence-electron chi connectivity index (χ2n) is 10.2. The molecule has 0 bridgehead atoms. The molecule has 3 aromatic rings. The Kier molecular flexibility index (Phi) is 5.50. The van der Waals surface area contributed by atoms with Gasteiger partial charge in [0.1, 0.15) is 5.60 Å². The maximum atomic E-state index is 12.6. The van der Waals surface area contributed by atoms with Crippen molar-refractivity contribution in [2.45, 2.75) is 52.3 Å². The number of aryl methyl sites for hydroxylation is 1. The Morgan fingerprint density at radius 1 is 1.31 bits per heavy atom. The van der Waals surface area contributed by atoms with Gasteiger partial charge < -0.3 is 21.1 Å². The predicted octanol–water partition coefficient (Wildman–Crippen LogP) is 0.772. The standard InChI is InChI=1S/C23H31N9O3/c1-5-32-28-21(27-29-32)14-7-18-19(15(20(24)33)8-25-31(18)10-14)26-17-6-13-9-30(11-16(13)12(17)2)22(34)23(3,4)35/h7-8,10,12-13,16-17,26,35H,5-6,9,11H2,1-4H3,(H2,24,33)/t12-,13+,16-,17+/m0/s1. The van der Waals surface area contributed by atoms with Crippen LogP contribution < -0.4 is 11.1 Å². The molecule has 0 radical (unpaired) electrons. The molecule has 3 aromatic heterocycles. The SMILES string of the molecule is CCn1nnc(-c2cc3c(N[C@@H]4C[C@@H]5CN(C(=O)C(C)(C)O)C[C@H]5[C@@H]4C)c(C(N)=O)cnn3c2)n1. The Morgan fingerprint density at radius 3 is 2.71 bits per heavy atom. The number of fused-ring (bicyclic) bond motifs is 2. The number of primary amides is 1. The fourth-order valence-corrected chi connectivity index (χ4v) is 5.52. The van der Waals surface area contributed by atoms with Gasteiger partial charge in [-0.3, -0.25) is 9.59 Å². The Hall–Kier alpha value is -3.54. The number of aliphatic hydroxyl groups is 1. The van der Waals surface area contributed by atoms with Gasteiger partial charge in [0.15, 0.2) is 0 Å². The summed E-state index contributed by atoms with van der Waals surface area (Å²) < 4.78 is 1.68. The van der Waals surface area contributed by atoms with E-state index in [1.807, 2.05) is 13.0 Å². The fraction of sp³-hybridized carbons (Fsp3) is 0.565. The molecule has 1 aliphatic carbocycles. The average Bonchev–Trinajstić information content (AvgIpc) is 3.57. The molecular weight excluding hydrogens is 450 g/mol. The molecule has 2 aliphatic rings. The van der Waals surface area contributed by atoms with Crippen LogP contribution in [-0.2, 0) is 11.3 Å². The smallest absolute Gasteiger partial charge is 0.253 e. The Morgan fingerprint density at radius 2 is 2.09 bits per heavy atom. The van der Waals surface area contributed by atoms with Crippen molar-refractivity contribution < 1.29 is 14.7 Å². The van der Waals surface area contributed by atoms with Gasteiger partial charge >= 0.3 is 0 Å². The number of nitrogens with two attached hydrogens (primary N) is 1. The number of aromatic nitrogens is 6. The summed E-state index contributed by atoms with van der Waals surface area (Å²) in [5.74, 6) is 0.555. The number of carbonyl (C=O) groups excluding carboxylic acids is 2. The predicted molar refractivity (Wildman–Crippen MR) is 127 cm³/mol. The van der Waals surface area contributed by atoms with E-state index in [9.17, 15) is 14.7 Å². The van der Waals surface area contributed by atoms with Gasteiger partial charge in [-0.25, -0.2) is 4.52 Å². The second kappa shape index (κ2) is 8.29. The number of hydrogen-bond donors (Lipinski definition) is 3. The van der Waals surface area contributed by atoms with Crippen LogP contribution in [0, 0.1) is 17.8 Å². The quantitative estimate of drug-likeness (QED) is 0.466. The Labute approximate surface area is 202 Å². The van der Waals surface area contributed by atoms with Crippen molar-refractivity contribution in [3.63, 3.8) is 0 Å². The number of likely N-dealkylation sites (tertiary alicyclic amines) is 1. The zero-order chi connectivity index (χ0) is 25.1. The van der Waals surface area contributed by atoms with Gasteiger partial charge in [-0.05, 0) is 56.2 Å². The van der Waals surface area contributed by atoms with Gasteiger partial charge in [0.2, 0.25) is 5.82 Å². The molecule has 4 heterocycles. The van der Waals surface area contributed by atoms with Gasteiger partial charge in [0, 0.05) is 30.9 Å². The van der Waals surface area contributed by atoms with E-state index in [0.717, 1.165) is 12.0 Å². The van der Waals surface area contributed by atoms with E-state index in [1.54, 1.807) is 15.6 Å². The highest BCUT2D eigenvalue weighted by molar-refractivity contribution is 6.02. The number of tetrazole rings is 1. The molecule has 1 saturated heterocycles. The van der Waals surface area contributed by atoms with E-state index in [1.165, 1.54) is 24.8 Å². The number of carbonyl (C=O) groups is 2. The van der Waals surface area contributed by atoms with Gasteiger partial charge in [-0.2, -0.15) is 9.90 Å². The third kappa shape index (κ3) is 4.01. The number of rotatable bonds is 6. The van der Waals surface area contributed by atoms with Crippen LogP contribution >= 0.6 is 0 Å². The van der Waals surface area contributed by atoms with Crippen LogP contribution in [0.4, 0.5) is 5.69 Å². The molecule has 186 valence electrons. The molecule has 1 aliphatic heterocycles. The van der Waals surface area contributed by atoms with Crippen molar-refractivity contribution in [2.24, 2.45) is 23.5 Å². The molecule has 4 atom stereocenters.